The molecule has 0 aliphatic rings. The smallest absolute Gasteiger partial charge is 0.176 e. The summed E-state index contributed by atoms with van der Waals surface area (Å²) in [5.74, 6) is 0.717. The number of benzene rings is 1. The second-order valence-electron chi connectivity index (χ2n) is 5.11. The molecule has 0 fully saturated rings. The van der Waals surface area contributed by atoms with E-state index < -0.39 is 7.07 Å². The van der Waals surface area contributed by atoms with E-state index in [9.17, 15) is 5.11 Å². The summed E-state index contributed by atoms with van der Waals surface area (Å²) in [6, 6.07) is 8.72. The fourth-order valence-electron chi connectivity index (χ4n) is 2.19. The molecule has 1 aromatic carbocycles. The summed E-state index contributed by atoms with van der Waals surface area (Å²) in [6.07, 6.45) is 1.68. The third-order valence-electron chi connectivity index (χ3n) is 3.20. The lowest BCUT2D eigenvalue weighted by molar-refractivity contribution is 0.476. The first kappa shape index (κ1) is 19.7. The molecule has 2 aromatic heterocycles. The molecule has 4 nitrogen and oxygen atoms in total. The van der Waals surface area contributed by atoms with E-state index in [0.717, 1.165) is 20.8 Å². The Morgan fingerprint density at radius 3 is 2.20 bits per heavy atom. The summed E-state index contributed by atoms with van der Waals surface area (Å²) >= 11 is 27.4. The molecule has 2 heterocycles. The van der Waals surface area contributed by atoms with Gasteiger partial charge in [0, 0.05) is 11.8 Å². The molecule has 0 unspecified atom stereocenters. The van der Waals surface area contributed by atoms with Crippen LogP contribution in [0.15, 0.2) is 36.5 Å². The van der Waals surface area contributed by atoms with E-state index in [2.05, 4.69) is 85.7 Å². The number of rotatable bonds is 4. The van der Waals surface area contributed by atoms with E-state index in [1.807, 2.05) is 6.07 Å². The van der Waals surface area contributed by atoms with Gasteiger partial charge in [0.25, 0.3) is 0 Å². The molecule has 0 saturated heterocycles. The van der Waals surface area contributed by atoms with E-state index in [-0.39, 0.29) is 5.75 Å². The molecule has 11 heteroatoms. The number of anilines is 1. The summed E-state index contributed by atoms with van der Waals surface area (Å²) in [7, 11) is 0. The zero-order valence-corrected chi connectivity index (χ0v) is 18.5. The van der Waals surface area contributed by atoms with Gasteiger partial charge in [-0.3, -0.25) is 4.90 Å². The quantitative estimate of drug-likeness (QED) is 0.227. The Hall–Kier alpha value is -0.0400. The molecule has 0 bridgehead atoms. The normalized spacial score (nSPS) is 12.6. The Labute approximate surface area is 181 Å². The summed E-state index contributed by atoms with van der Waals surface area (Å²) < 4.78 is -1.44. The second-order valence-corrected chi connectivity index (χ2v) is 12.1. The van der Waals surface area contributed by atoms with Crippen molar-refractivity contribution in [2.24, 2.45) is 0 Å². The van der Waals surface area contributed by atoms with Crippen LogP contribution in [0.1, 0.15) is 0 Å². The van der Waals surface area contributed by atoms with Gasteiger partial charge in [0.15, 0.2) is 7.07 Å². The minimum Gasteiger partial charge on any atom is -0.508 e. The Bertz CT molecular complexity index is 885. The van der Waals surface area contributed by atoms with E-state index in [0.29, 0.717) is 5.82 Å². The minimum absolute atomic E-state index is 0.215. The zero-order valence-electron chi connectivity index (χ0n) is 12.3. The Morgan fingerprint density at radius 2 is 1.64 bits per heavy atom. The average Bonchev–Trinajstić information content (AvgIpc) is 2.88. The van der Waals surface area contributed by atoms with Crippen LogP contribution >= 0.6 is 87.1 Å². The van der Waals surface area contributed by atoms with Gasteiger partial charge in [-0.1, -0.05) is 0 Å². The van der Waals surface area contributed by atoms with Gasteiger partial charge in [-0.25, -0.2) is 9.97 Å². The van der Waals surface area contributed by atoms with E-state index >= 15 is 0 Å². The fraction of sp³-hybridized carbons (Fsp3) is 0.143. The van der Waals surface area contributed by atoms with Crippen molar-refractivity contribution >= 4 is 103 Å². The van der Waals surface area contributed by atoms with Crippen molar-refractivity contribution in [1.82, 2.24) is 9.97 Å². The topological polar surface area (TPSA) is 49.3 Å². The lowest BCUT2D eigenvalue weighted by Gasteiger charge is -2.41. The number of hydrogen-bond donors (Lipinski definition) is 7. The molecule has 25 heavy (non-hydrogen) atoms. The third kappa shape index (κ3) is 4.45. The molecule has 3 rings (SSSR count). The summed E-state index contributed by atoms with van der Waals surface area (Å²) in [6.45, 7) is 0. The zero-order chi connectivity index (χ0) is 18.4. The molecule has 3 aromatic rings. The van der Waals surface area contributed by atoms with Crippen LogP contribution in [0.4, 0.5) is 5.82 Å². The highest BCUT2D eigenvalue weighted by atomic mass is 32.2. The van der Waals surface area contributed by atoms with Crippen LogP contribution in [0, 0.1) is 0 Å². The summed E-state index contributed by atoms with van der Waals surface area (Å²) in [4.78, 5) is 10.5. The monoisotopic (exact) mass is 463 g/mol. The molecule has 0 amide bonds. The number of pyridine rings is 1. The molecule has 0 saturated carbocycles. The molecule has 0 aliphatic heterocycles. The van der Waals surface area contributed by atoms with Crippen LogP contribution in [0.5, 0.6) is 5.75 Å². The van der Waals surface area contributed by atoms with Crippen molar-refractivity contribution in [3.05, 3.63) is 36.5 Å². The second kappa shape index (κ2) is 7.17. The highest BCUT2D eigenvalue weighted by molar-refractivity contribution is 8.19. The predicted molar refractivity (Wildman–Crippen MR) is 126 cm³/mol. The Balaban J connectivity index is 1.98. The number of phenolic OH excluding ortho intramolecular Hbond substituents is 1. The van der Waals surface area contributed by atoms with Gasteiger partial charge in [-0.2, -0.15) is 0 Å². The first-order chi connectivity index (χ1) is 11.6. The van der Waals surface area contributed by atoms with E-state index in [1.165, 1.54) is 16.2 Å². The van der Waals surface area contributed by atoms with Gasteiger partial charge >= 0.3 is 0 Å². The van der Waals surface area contributed by atoms with Crippen molar-refractivity contribution in [2.45, 2.75) is 7.07 Å². The molecular weight excluding hydrogens is 451 g/mol. The highest BCUT2D eigenvalue weighted by Crippen LogP contribution is 2.44. The first-order valence-corrected chi connectivity index (χ1v) is 10.3. The number of nitrogens with zero attached hydrogens (tertiary/aromatic N) is 3. The Kier molecular flexibility index (Phi) is 5.66. The van der Waals surface area contributed by atoms with Crippen molar-refractivity contribution in [1.29, 1.82) is 0 Å². The Morgan fingerprint density at radius 1 is 0.960 bits per heavy atom. The average molecular weight is 464 g/mol. The molecule has 0 radical (unpaired) electrons. The van der Waals surface area contributed by atoms with Gasteiger partial charge < -0.3 is 5.11 Å². The standard InChI is InChI=1S/C14H13N3OS7/c18-8-2-3-9-10(5-8)25-12(16-9)7-1-4-11(15-6-7)17(13(19,20)21)14(22,23)24/h1-6,18-24H. The maximum atomic E-state index is 9.58. The third-order valence-corrected chi connectivity index (χ3v) is 5.46. The van der Waals surface area contributed by atoms with Gasteiger partial charge in [0.05, 0.1) is 10.2 Å². The summed E-state index contributed by atoms with van der Waals surface area (Å²) in [5, 5.41) is 10.4. The number of aromatic hydroxyl groups is 1. The SMILES string of the molecule is Oc1ccc2nc(-c3ccc(N(C(S)(S)S)C(S)(S)S)nc3)sc2c1. The molecule has 0 spiro atoms. The van der Waals surface area contributed by atoms with Crippen molar-refractivity contribution in [3.8, 4) is 16.3 Å². The maximum Gasteiger partial charge on any atom is 0.176 e. The number of aromatic nitrogens is 2. The predicted octanol–water partition coefficient (Wildman–Crippen LogP) is 4.67. The number of thiazole rings is 1. The minimum atomic E-state index is -1.17. The number of hydrogen-bond acceptors (Lipinski definition) is 11. The lowest BCUT2D eigenvalue weighted by atomic mass is 10.3. The lowest BCUT2D eigenvalue weighted by Crippen LogP contribution is -2.45. The largest absolute Gasteiger partial charge is 0.508 e. The van der Waals surface area contributed by atoms with Gasteiger partial charge in [0.2, 0.25) is 0 Å². The summed E-state index contributed by atoms with van der Waals surface area (Å²) in [5.41, 5.74) is 1.67. The van der Waals surface area contributed by atoms with Crippen LogP contribution in [0.25, 0.3) is 20.8 Å². The molecule has 1 N–H and O–H groups in total. The highest BCUT2D eigenvalue weighted by Gasteiger charge is 2.37. The van der Waals surface area contributed by atoms with Crippen LogP contribution in [-0.2, 0) is 0 Å². The van der Waals surface area contributed by atoms with E-state index in [1.54, 1.807) is 30.5 Å². The molecular formula is C14H13N3OS7. The number of phenols is 1. The van der Waals surface area contributed by atoms with Gasteiger partial charge in [0.1, 0.15) is 16.6 Å². The van der Waals surface area contributed by atoms with Crippen molar-refractivity contribution in [3.63, 3.8) is 0 Å². The molecule has 132 valence electrons. The number of fused-ring (bicyclic) bond motifs is 1. The number of thiol groups is 6. The van der Waals surface area contributed by atoms with Crippen LogP contribution < -0.4 is 4.90 Å². The van der Waals surface area contributed by atoms with Crippen LogP contribution in [0.3, 0.4) is 0 Å². The first-order valence-electron chi connectivity index (χ1n) is 6.76. The van der Waals surface area contributed by atoms with Gasteiger partial charge in [-0.15, -0.1) is 87.1 Å². The van der Waals surface area contributed by atoms with Crippen LogP contribution in [0.2, 0.25) is 0 Å². The van der Waals surface area contributed by atoms with Crippen molar-refractivity contribution in [2.75, 3.05) is 4.90 Å². The van der Waals surface area contributed by atoms with Crippen LogP contribution in [-0.4, -0.2) is 22.1 Å². The molecule has 0 aliphatic carbocycles. The van der Waals surface area contributed by atoms with Gasteiger partial charge in [-0.05, 0) is 30.3 Å². The van der Waals surface area contributed by atoms with E-state index in [4.69, 9.17) is 0 Å². The fourth-order valence-corrected chi connectivity index (χ4v) is 5.40. The maximum absolute atomic E-state index is 9.58. The van der Waals surface area contributed by atoms with Crippen molar-refractivity contribution < 1.29 is 5.11 Å². The molecule has 0 atom stereocenters.